The maximum Gasteiger partial charge on any atom is 0.573 e. The van der Waals surface area contributed by atoms with Gasteiger partial charge < -0.3 is 10.1 Å². The van der Waals surface area contributed by atoms with Crippen LogP contribution in [0.15, 0.2) is 24.3 Å². The normalized spacial score (nSPS) is 15.8. The molecule has 1 N–H and O–H groups in total. The fourth-order valence-electron chi connectivity index (χ4n) is 2.26. The molecule has 0 atom stereocenters. The summed E-state index contributed by atoms with van der Waals surface area (Å²) in [6.07, 6.45) is -1.33. The van der Waals surface area contributed by atoms with E-state index in [1.54, 1.807) is 0 Å². The van der Waals surface area contributed by atoms with Gasteiger partial charge in [0.25, 0.3) is 0 Å². The number of carbonyl (C=O) groups is 1. The fraction of sp³-hybridized carbons (Fsp3) is 0.500. The van der Waals surface area contributed by atoms with Gasteiger partial charge >= 0.3 is 6.36 Å². The summed E-state index contributed by atoms with van der Waals surface area (Å²) in [6, 6.07) is 5.11. The van der Waals surface area contributed by atoms with Gasteiger partial charge in [0, 0.05) is 5.69 Å². The van der Waals surface area contributed by atoms with Gasteiger partial charge in [-0.05, 0) is 50.2 Å². The Morgan fingerprint density at radius 1 is 1.14 bits per heavy atom. The van der Waals surface area contributed by atoms with Crippen LogP contribution >= 0.6 is 12.4 Å². The molecule has 1 fully saturated rings. The van der Waals surface area contributed by atoms with Gasteiger partial charge in [-0.15, -0.1) is 25.6 Å². The number of anilines is 1. The van der Waals surface area contributed by atoms with Crippen LogP contribution in [0.2, 0.25) is 0 Å². The zero-order valence-electron chi connectivity index (χ0n) is 11.9. The molecule has 1 aliphatic heterocycles. The third-order valence-corrected chi connectivity index (χ3v) is 3.19. The van der Waals surface area contributed by atoms with Crippen LogP contribution in [0.5, 0.6) is 5.75 Å². The number of alkyl halides is 3. The second-order valence-corrected chi connectivity index (χ2v) is 4.96. The van der Waals surface area contributed by atoms with E-state index in [1.807, 2.05) is 0 Å². The first-order valence-corrected chi connectivity index (χ1v) is 6.80. The lowest BCUT2D eigenvalue weighted by Crippen LogP contribution is -2.36. The number of hydrogen-bond donors (Lipinski definition) is 1. The first-order chi connectivity index (χ1) is 9.92. The van der Waals surface area contributed by atoms with Crippen molar-refractivity contribution in [2.45, 2.75) is 25.6 Å². The Balaban J connectivity index is 0.00000242. The van der Waals surface area contributed by atoms with E-state index in [0.717, 1.165) is 25.9 Å². The van der Waals surface area contributed by atoms with E-state index in [2.05, 4.69) is 15.0 Å². The Morgan fingerprint density at radius 2 is 1.73 bits per heavy atom. The van der Waals surface area contributed by atoms with E-state index in [4.69, 9.17) is 0 Å². The monoisotopic (exact) mass is 338 g/mol. The van der Waals surface area contributed by atoms with Crippen LogP contribution in [0.1, 0.15) is 19.3 Å². The minimum atomic E-state index is -4.71. The third-order valence-electron chi connectivity index (χ3n) is 3.19. The Labute approximate surface area is 133 Å². The highest BCUT2D eigenvalue weighted by Gasteiger charge is 2.30. The quantitative estimate of drug-likeness (QED) is 0.914. The lowest BCUT2D eigenvalue weighted by atomic mass is 10.1. The first-order valence-electron chi connectivity index (χ1n) is 6.80. The molecule has 1 aromatic carbocycles. The van der Waals surface area contributed by atoms with E-state index in [1.165, 1.54) is 30.7 Å². The number of benzene rings is 1. The fourth-order valence-corrected chi connectivity index (χ4v) is 2.26. The van der Waals surface area contributed by atoms with Crippen molar-refractivity contribution in [1.82, 2.24) is 4.90 Å². The van der Waals surface area contributed by atoms with Crippen LogP contribution < -0.4 is 10.1 Å². The summed E-state index contributed by atoms with van der Waals surface area (Å²) in [5, 5.41) is 2.66. The van der Waals surface area contributed by atoms with Gasteiger partial charge in [0.1, 0.15) is 5.75 Å². The number of likely N-dealkylation sites (tertiary alicyclic amines) is 1. The van der Waals surface area contributed by atoms with Gasteiger partial charge in [-0.1, -0.05) is 6.42 Å². The number of ether oxygens (including phenoxy) is 1. The molecule has 1 amide bonds. The first kappa shape index (κ1) is 18.6. The average molecular weight is 339 g/mol. The molecule has 4 nitrogen and oxygen atoms in total. The molecule has 124 valence electrons. The predicted octanol–water partition coefficient (Wildman–Crippen LogP) is 3.43. The molecule has 1 saturated heterocycles. The second kappa shape index (κ2) is 8.24. The van der Waals surface area contributed by atoms with Crippen molar-refractivity contribution in [2.24, 2.45) is 0 Å². The Bertz CT molecular complexity index is 474. The summed E-state index contributed by atoms with van der Waals surface area (Å²) in [4.78, 5) is 13.9. The summed E-state index contributed by atoms with van der Waals surface area (Å²) < 4.78 is 39.8. The minimum Gasteiger partial charge on any atom is -0.406 e. The number of nitrogens with one attached hydrogen (secondary N) is 1. The number of halogens is 4. The molecular formula is C14H18ClF3N2O2. The lowest BCUT2D eigenvalue weighted by molar-refractivity contribution is -0.274. The van der Waals surface area contributed by atoms with Crippen LogP contribution in [0.3, 0.4) is 0 Å². The van der Waals surface area contributed by atoms with Gasteiger partial charge in [0.05, 0.1) is 6.54 Å². The molecule has 0 radical (unpaired) electrons. The lowest BCUT2D eigenvalue weighted by Gasteiger charge is -2.25. The second-order valence-electron chi connectivity index (χ2n) is 4.96. The van der Waals surface area contributed by atoms with Gasteiger partial charge in [0.15, 0.2) is 0 Å². The molecule has 1 aliphatic rings. The van der Waals surface area contributed by atoms with Gasteiger partial charge in [-0.3, -0.25) is 9.69 Å². The smallest absolute Gasteiger partial charge is 0.406 e. The van der Waals surface area contributed by atoms with E-state index in [0.29, 0.717) is 12.2 Å². The van der Waals surface area contributed by atoms with E-state index in [9.17, 15) is 18.0 Å². The van der Waals surface area contributed by atoms with Crippen molar-refractivity contribution in [3.05, 3.63) is 24.3 Å². The van der Waals surface area contributed by atoms with Crippen LogP contribution in [0, 0.1) is 0 Å². The number of rotatable bonds is 4. The summed E-state index contributed by atoms with van der Waals surface area (Å²) >= 11 is 0. The van der Waals surface area contributed by atoms with Crippen molar-refractivity contribution < 1.29 is 22.7 Å². The number of amides is 1. The van der Waals surface area contributed by atoms with Crippen molar-refractivity contribution in [3.8, 4) is 5.75 Å². The average Bonchev–Trinajstić information content (AvgIpc) is 2.40. The Hall–Kier alpha value is -1.47. The standard InChI is InChI=1S/C14H17F3N2O2.ClH/c15-14(16,17)21-12-6-4-11(5-7-12)18-13(20)10-19-8-2-1-3-9-19;/h4-7H,1-3,8-10H2,(H,18,20);1H. The summed E-state index contributed by atoms with van der Waals surface area (Å²) in [5.74, 6) is -0.474. The highest BCUT2D eigenvalue weighted by Crippen LogP contribution is 2.23. The molecule has 0 aliphatic carbocycles. The maximum atomic E-state index is 12.0. The Morgan fingerprint density at radius 3 is 2.27 bits per heavy atom. The number of nitrogens with zero attached hydrogens (tertiary/aromatic N) is 1. The zero-order valence-corrected chi connectivity index (χ0v) is 12.7. The van der Waals surface area contributed by atoms with E-state index >= 15 is 0 Å². The van der Waals surface area contributed by atoms with Crippen LogP contribution in [0.25, 0.3) is 0 Å². The highest BCUT2D eigenvalue weighted by molar-refractivity contribution is 5.92. The van der Waals surface area contributed by atoms with Gasteiger partial charge in [-0.25, -0.2) is 0 Å². The summed E-state index contributed by atoms with van der Waals surface area (Å²) in [5.41, 5.74) is 0.450. The van der Waals surface area contributed by atoms with Crippen LogP contribution in [-0.4, -0.2) is 36.8 Å². The van der Waals surface area contributed by atoms with E-state index < -0.39 is 6.36 Å². The third kappa shape index (κ3) is 6.53. The minimum absolute atomic E-state index is 0. The zero-order chi connectivity index (χ0) is 15.3. The van der Waals surface area contributed by atoms with E-state index in [-0.39, 0.29) is 24.1 Å². The number of piperidine rings is 1. The largest absolute Gasteiger partial charge is 0.573 e. The molecule has 0 unspecified atom stereocenters. The van der Waals surface area contributed by atoms with Crippen molar-refractivity contribution >= 4 is 24.0 Å². The van der Waals surface area contributed by atoms with Crippen molar-refractivity contribution in [3.63, 3.8) is 0 Å². The Kier molecular flexibility index (Phi) is 6.96. The summed E-state index contributed by atoms with van der Waals surface area (Å²) in [7, 11) is 0. The molecule has 22 heavy (non-hydrogen) atoms. The highest BCUT2D eigenvalue weighted by atomic mass is 35.5. The molecule has 0 saturated carbocycles. The van der Waals surface area contributed by atoms with Gasteiger partial charge in [0.2, 0.25) is 5.91 Å². The topological polar surface area (TPSA) is 41.6 Å². The molecule has 0 bridgehead atoms. The molecule has 1 aromatic rings. The SMILES string of the molecule is Cl.O=C(CN1CCCCC1)Nc1ccc(OC(F)(F)F)cc1. The number of carbonyl (C=O) groups excluding carboxylic acids is 1. The van der Waals surface area contributed by atoms with Crippen molar-refractivity contribution in [1.29, 1.82) is 0 Å². The maximum absolute atomic E-state index is 12.0. The summed E-state index contributed by atoms with van der Waals surface area (Å²) in [6.45, 7) is 2.12. The molecule has 2 rings (SSSR count). The molecular weight excluding hydrogens is 321 g/mol. The molecule has 8 heteroatoms. The van der Waals surface area contributed by atoms with Crippen LogP contribution in [0.4, 0.5) is 18.9 Å². The number of hydrogen-bond acceptors (Lipinski definition) is 3. The predicted molar refractivity (Wildman–Crippen MR) is 79.3 cm³/mol. The van der Waals surface area contributed by atoms with Crippen LogP contribution in [-0.2, 0) is 4.79 Å². The molecule has 0 spiro atoms. The molecule has 1 heterocycles. The molecule has 0 aromatic heterocycles. The van der Waals surface area contributed by atoms with Gasteiger partial charge in [-0.2, -0.15) is 0 Å². The van der Waals surface area contributed by atoms with Crippen molar-refractivity contribution in [2.75, 3.05) is 25.0 Å².